The van der Waals surface area contributed by atoms with Gasteiger partial charge < -0.3 is 14.7 Å². The first-order valence-electron chi connectivity index (χ1n) is 13.1. The summed E-state index contributed by atoms with van der Waals surface area (Å²) in [6.07, 6.45) is -0.439. The molecule has 7 nitrogen and oxygen atoms in total. The van der Waals surface area contributed by atoms with Crippen LogP contribution < -0.4 is 0 Å². The summed E-state index contributed by atoms with van der Waals surface area (Å²) in [4.78, 5) is 21.4. The van der Waals surface area contributed by atoms with Gasteiger partial charge in [-0.25, -0.2) is 13.4 Å². The van der Waals surface area contributed by atoms with E-state index in [1.54, 1.807) is 59.5 Å². The van der Waals surface area contributed by atoms with Crippen molar-refractivity contribution < 1.29 is 23.1 Å². The van der Waals surface area contributed by atoms with E-state index in [0.29, 0.717) is 11.5 Å². The van der Waals surface area contributed by atoms with Crippen molar-refractivity contribution in [2.45, 2.75) is 29.5 Å². The van der Waals surface area contributed by atoms with Gasteiger partial charge in [-0.1, -0.05) is 72.8 Å². The van der Waals surface area contributed by atoms with Crippen LogP contribution in [0.15, 0.2) is 119 Å². The van der Waals surface area contributed by atoms with E-state index >= 15 is 0 Å². The number of fused-ring (bicyclic) bond motifs is 3. The van der Waals surface area contributed by atoms with E-state index in [9.17, 15) is 18.3 Å². The summed E-state index contributed by atoms with van der Waals surface area (Å²) in [5, 5.41) is 9.81. The number of benzene rings is 4. The average molecular weight is 553 g/mol. The van der Waals surface area contributed by atoms with E-state index in [2.05, 4.69) is 0 Å². The van der Waals surface area contributed by atoms with Crippen LogP contribution in [-0.4, -0.2) is 48.1 Å². The van der Waals surface area contributed by atoms with Gasteiger partial charge in [0.2, 0.25) is 5.90 Å². The minimum Gasteiger partial charge on any atom is -0.508 e. The van der Waals surface area contributed by atoms with Crippen LogP contribution in [0.1, 0.15) is 28.4 Å². The summed E-state index contributed by atoms with van der Waals surface area (Å²) < 4.78 is 32.8. The van der Waals surface area contributed by atoms with Crippen LogP contribution in [0, 0.1) is 0 Å². The fraction of sp³-hybridized carbons (Fsp3) is 0.188. The maximum absolute atomic E-state index is 14.6. The highest BCUT2D eigenvalue weighted by Gasteiger charge is 2.56. The Morgan fingerprint density at radius 2 is 1.52 bits per heavy atom. The van der Waals surface area contributed by atoms with Crippen LogP contribution >= 0.6 is 0 Å². The topological polar surface area (TPSA) is 96.3 Å². The van der Waals surface area contributed by atoms with Crippen molar-refractivity contribution in [3.05, 3.63) is 131 Å². The number of hydrogen-bond acceptors (Lipinski definition) is 6. The number of sulfone groups is 1. The maximum Gasteiger partial charge on any atom is 0.255 e. The number of aromatic hydroxyl groups is 1. The highest BCUT2D eigenvalue weighted by atomic mass is 32.2. The fourth-order valence-electron chi connectivity index (χ4n) is 5.45. The average Bonchev–Trinajstić information content (AvgIpc) is 3.32. The Balaban J connectivity index is 1.45. The quantitative estimate of drug-likeness (QED) is 0.358. The van der Waals surface area contributed by atoms with Crippen molar-refractivity contribution >= 4 is 21.6 Å². The number of hydrogen-bond donors (Lipinski definition) is 1. The van der Waals surface area contributed by atoms with Gasteiger partial charge in [0.1, 0.15) is 5.75 Å². The summed E-state index contributed by atoms with van der Waals surface area (Å²) in [6, 6.07) is 32.2. The Labute approximate surface area is 233 Å². The van der Waals surface area contributed by atoms with Crippen molar-refractivity contribution in [1.82, 2.24) is 4.90 Å². The lowest BCUT2D eigenvalue weighted by atomic mass is 9.81. The molecule has 0 saturated carbocycles. The van der Waals surface area contributed by atoms with Crippen LogP contribution in [0.3, 0.4) is 0 Å². The summed E-state index contributed by atoms with van der Waals surface area (Å²) in [6.45, 7) is 0.261. The van der Waals surface area contributed by atoms with Crippen molar-refractivity contribution in [2.75, 3.05) is 12.3 Å². The second kappa shape index (κ2) is 10.3. The molecule has 0 fully saturated rings. The number of amides is 1. The predicted molar refractivity (Wildman–Crippen MR) is 152 cm³/mol. The van der Waals surface area contributed by atoms with Gasteiger partial charge in [-0.2, -0.15) is 0 Å². The molecule has 1 amide bonds. The molecule has 4 aromatic rings. The molecule has 40 heavy (non-hydrogen) atoms. The first kappa shape index (κ1) is 25.8. The van der Waals surface area contributed by atoms with Gasteiger partial charge in [-0.15, -0.1) is 0 Å². The van der Waals surface area contributed by atoms with E-state index in [4.69, 9.17) is 9.73 Å². The largest absolute Gasteiger partial charge is 0.508 e. The number of carbonyl (C=O) groups excluding carboxylic acids is 1. The van der Waals surface area contributed by atoms with Crippen molar-refractivity contribution in [2.24, 2.45) is 4.99 Å². The van der Waals surface area contributed by atoms with Crippen LogP contribution in [-0.2, 0) is 32.3 Å². The van der Waals surface area contributed by atoms with E-state index in [1.807, 2.05) is 54.6 Å². The number of phenolic OH excluding ortho intramolecular Hbond substituents is 1. The first-order valence-corrected chi connectivity index (χ1v) is 14.8. The molecule has 0 aliphatic carbocycles. The highest BCUT2D eigenvalue weighted by Crippen LogP contribution is 2.46. The van der Waals surface area contributed by atoms with Gasteiger partial charge in [0.15, 0.2) is 21.5 Å². The van der Waals surface area contributed by atoms with Gasteiger partial charge in [0.25, 0.3) is 5.91 Å². The number of nitrogens with zero attached hydrogens (tertiary/aromatic N) is 2. The molecule has 0 bridgehead atoms. The molecular weight excluding hydrogens is 524 g/mol. The minimum atomic E-state index is -3.62. The SMILES string of the molecule is O=C1N(CCS(=O)(=O)c2ccccc2)Cc2ccccc2[C@@H]2OC(c3ccc(O)cc3)=N[C@]12Cc1ccccc1. The molecule has 2 aliphatic heterocycles. The standard InChI is InChI=1S/C32H28N2O5S/c35-26-17-15-24(16-18-26)30-33-32(21-23-9-3-1-4-10-23)29(39-30)28-14-8-7-11-25(28)22-34(31(32)36)19-20-40(37,38)27-12-5-2-6-13-27/h1-18,29,35H,19-22H2/t29-,32-/m0/s1. The molecule has 0 spiro atoms. The summed E-state index contributed by atoms with van der Waals surface area (Å²) >= 11 is 0. The molecule has 202 valence electrons. The first-order chi connectivity index (χ1) is 19.4. The van der Waals surface area contributed by atoms with Crippen molar-refractivity contribution in [1.29, 1.82) is 0 Å². The zero-order valence-electron chi connectivity index (χ0n) is 21.7. The van der Waals surface area contributed by atoms with Crippen molar-refractivity contribution in [3.8, 4) is 5.75 Å². The Morgan fingerprint density at radius 3 is 2.25 bits per heavy atom. The normalized spacial score (nSPS) is 20.2. The number of carbonyl (C=O) groups is 1. The maximum atomic E-state index is 14.6. The second-order valence-corrected chi connectivity index (χ2v) is 12.2. The molecule has 2 aliphatic rings. The molecule has 2 atom stereocenters. The van der Waals surface area contributed by atoms with Gasteiger partial charge in [0, 0.05) is 30.6 Å². The molecule has 6 rings (SSSR count). The monoisotopic (exact) mass is 552 g/mol. The molecule has 0 radical (unpaired) electrons. The van der Waals surface area contributed by atoms with E-state index in [1.165, 1.54) is 0 Å². The number of ether oxygens (including phenoxy) is 1. The van der Waals surface area contributed by atoms with Gasteiger partial charge in [-0.05, 0) is 47.5 Å². The van der Waals surface area contributed by atoms with E-state index < -0.39 is 21.5 Å². The molecule has 0 saturated heterocycles. The van der Waals surface area contributed by atoms with E-state index in [0.717, 1.165) is 16.7 Å². The molecule has 2 heterocycles. The molecule has 1 N–H and O–H groups in total. The molecular formula is C32H28N2O5S. The van der Waals surface area contributed by atoms with Crippen LogP contribution in [0.5, 0.6) is 5.75 Å². The molecule has 0 aromatic heterocycles. The molecule has 8 heteroatoms. The Hall–Kier alpha value is -4.43. The highest BCUT2D eigenvalue weighted by molar-refractivity contribution is 7.91. The predicted octanol–water partition coefficient (Wildman–Crippen LogP) is 4.71. The molecule has 4 aromatic carbocycles. The van der Waals surface area contributed by atoms with Gasteiger partial charge >= 0.3 is 0 Å². The number of aliphatic imine (C=N–C) groups is 1. The number of phenols is 1. The fourth-order valence-corrected chi connectivity index (χ4v) is 6.72. The Bertz CT molecular complexity index is 1670. The zero-order valence-corrected chi connectivity index (χ0v) is 22.5. The third-order valence-corrected chi connectivity index (χ3v) is 9.19. The lowest BCUT2D eigenvalue weighted by Gasteiger charge is -2.32. The second-order valence-electron chi connectivity index (χ2n) is 10.1. The summed E-state index contributed by atoms with van der Waals surface area (Å²) in [5.74, 6) is -0.0768. The third kappa shape index (κ3) is 4.75. The van der Waals surface area contributed by atoms with Crippen LogP contribution in [0.25, 0.3) is 0 Å². The number of rotatable bonds is 7. The lowest BCUT2D eigenvalue weighted by Crippen LogP contribution is -2.50. The zero-order chi connectivity index (χ0) is 27.7. The Morgan fingerprint density at radius 1 is 0.875 bits per heavy atom. The van der Waals surface area contributed by atoms with Crippen LogP contribution in [0.4, 0.5) is 0 Å². The summed E-state index contributed by atoms with van der Waals surface area (Å²) in [5.41, 5.74) is 1.93. The van der Waals surface area contributed by atoms with Crippen molar-refractivity contribution in [3.63, 3.8) is 0 Å². The third-order valence-electron chi connectivity index (χ3n) is 7.48. The lowest BCUT2D eigenvalue weighted by molar-refractivity contribution is -0.139. The van der Waals surface area contributed by atoms with Crippen LogP contribution in [0.2, 0.25) is 0 Å². The van der Waals surface area contributed by atoms with Gasteiger partial charge in [0.05, 0.1) is 10.6 Å². The van der Waals surface area contributed by atoms with E-state index in [-0.39, 0.29) is 41.8 Å². The summed E-state index contributed by atoms with van der Waals surface area (Å²) in [7, 11) is -3.62. The minimum absolute atomic E-state index is 0.0116. The smallest absolute Gasteiger partial charge is 0.255 e. The van der Waals surface area contributed by atoms with Gasteiger partial charge in [-0.3, -0.25) is 4.79 Å². The molecule has 0 unspecified atom stereocenters. The Kier molecular flexibility index (Phi) is 6.64.